The van der Waals surface area contributed by atoms with Gasteiger partial charge in [0.05, 0.1) is 37.1 Å². The molecule has 9 heteroatoms. The van der Waals surface area contributed by atoms with Gasteiger partial charge < -0.3 is 10.1 Å². The van der Waals surface area contributed by atoms with E-state index in [1.165, 1.54) is 0 Å². The molecule has 0 radical (unpaired) electrons. The SMILES string of the molecule is CS(=O)(=O)Nc1nc(-c2cccc(C(=O)Nc3ccc(COCc4ccccc4)cc3)c2)cnc1C1CC1. The minimum absolute atomic E-state index is 0.222. The minimum atomic E-state index is -3.51. The summed E-state index contributed by atoms with van der Waals surface area (Å²) < 4.78 is 32.0. The van der Waals surface area contributed by atoms with Crippen LogP contribution in [0.2, 0.25) is 0 Å². The summed E-state index contributed by atoms with van der Waals surface area (Å²) in [4.78, 5) is 22.0. The van der Waals surface area contributed by atoms with Gasteiger partial charge in [-0.3, -0.25) is 14.5 Å². The van der Waals surface area contributed by atoms with E-state index in [1.54, 1.807) is 24.4 Å². The van der Waals surface area contributed by atoms with Gasteiger partial charge in [-0.05, 0) is 48.2 Å². The number of nitrogens with zero attached hydrogens (tertiary/aromatic N) is 2. The van der Waals surface area contributed by atoms with Gasteiger partial charge in [0.25, 0.3) is 5.91 Å². The third-order valence-corrected chi connectivity index (χ3v) is 6.62. The molecule has 8 nitrogen and oxygen atoms in total. The fourth-order valence-corrected chi connectivity index (χ4v) is 4.51. The third kappa shape index (κ3) is 6.81. The summed E-state index contributed by atoms with van der Waals surface area (Å²) in [6.45, 7) is 1.01. The lowest BCUT2D eigenvalue weighted by atomic mass is 10.1. The molecule has 1 saturated carbocycles. The molecule has 3 aromatic carbocycles. The Morgan fingerprint density at radius 1 is 0.947 bits per heavy atom. The number of ether oxygens (including phenoxy) is 1. The molecule has 1 aliphatic rings. The summed E-state index contributed by atoms with van der Waals surface area (Å²) in [6, 6.07) is 24.5. The first-order valence-corrected chi connectivity index (χ1v) is 14.2. The van der Waals surface area contributed by atoms with Crippen molar-refractivity contribution in [3.05, 3.63) is 107 Å². The molecule has 1 heterocycles. The molecule has 194 valence electrons. The zero-order valence-corrected chi connectivity index (χ0v) is 21.7. The average molecular weight is 529 g/mol. The highest BCUT2D eigenvalue weighted by Crippen LogP contribution is 2.42. The fourth-order valence-electron chi connectivity index (χ4n) is 4.01. The quantitative estimate of drug-likeness (QED) is 0.287. The Labute approximate surface area is 222 Å². The summed E-state index contributed by atoms with van der Waals surface area (Å²) in [5.74, 6) is 0.201. The zero-order valence-electron chi connectivity index (χ0n) is 20.9. The van der Waals surface area contributed by atoms with Gasteiger partial charge in [-0.1, -0.05) is 54.6 Å². The molecule has 2 N–H and O–H groups in total. The molecular weight excluding hydrogens is 500 g/mol. The van der Waals surface area contributed by atoms with E-state index in [4.69, 9.17) is 4.74 Å². The molecule has 0 aliphatic heterocycles. The number of amides is 1. The van der Waals surface area contributed by atoms with Crippen molar-refractivity contribution in [2.45, 2.75) is 32.0 Å². The summed E-state index contributed by atoms with van der Waals surface area (Å²) >= 11 is 0. The summed E-state index contributed by atoms with van der Waals surface area (Å²) in [5, 5.41) is 2.91. The van der Waals surface area contributed by atoms with Crippen LogP contribution in [-0.4, -0.2) is 30.5 Å². The van der Waals surface area contributed by atoms with E-state index in [1.807, 2.05) is 60.7 Å². The van der Waals surface area contributed by atoms with Gasteiger partial charge in [0, 0.05) is 22.7 Å². The Kier molecular flexibility index (Phi) is 7.48. The van der Waals surface area contributed by atoms with Crippen molar-refractivity contribution in [3.8, 4) is 11.3 Å². The molecule has 0 bridgehead atoms. The number of benzene rings is 3. The second-order valence-corrected chi connectivity index (χ2v) is 11.1. The fraction of sp³-hybridized carbons (Fsp3) is 0.207. The predicted octanol–water partition coefficient (Wildman–Crippen LogP) is 5.36. The lowest BCUT2D eigenvalue weighted by molar-refractivity contribution is 0.102. The van der Waals surface area contributed by atoms with Crippen molar-refractivity contribution in [3.63, 3.8) is 0 Å². The van der Waals surface area contributed by atoms with Gasteiger partial charge in [-0.25, -0.2) is 13.4 Å². The van der Waals surface area contributed by atoms with Crippen molar-refractivity contribution in [1.82, 2.24) is 9.97 Å². The van der Waals surface area contributed by atoms with Crippen molar-refractivity contribution < 1.29 is 17.9 Å². The summed E-state index contributed by atoms with van der Waals surface area (Å²) in [5.41, 5.74) is 5.04. The molecule has 4 aromatic rings. The number of rotatable bonds is 10. The number of hydrogen-bond donors (Lipinski definition) is 2. The number of aromatic nitrogens is 2. The molecule has 5 rings (SSSR count). The maximum atomic E-state index is 13.0. The van der Waals surface area contributed by atoms with Crippen LogP contribution in [-0.2, 0) is 28.0 Å². The number of carbonyl (C=O) groups is 1. The molecule has 1 aromatic heterocycles. The van der Waals surface area contributed by atoms with E-state index in [9.17, 15) is 13.2 Å². The number of carbonyl (C=O) groups excluding carboxylic acids is 1. The largest absolute Gasteiger partial charge is 0.372 e. The lowest BCUT2D eigenvalue weighted by Gasteiger charge is -2.11. The Morgan fingerprint density at radius 2 is 1.66 bits per heavy atom. The van der Waals surface area contributed by atoms with Crippen LogP contribution in [0, 0.1) is 0 Å². The summed E-state index contributed by atoms with van der Waals surface area (Å²) in [6.07, 6.45) is 4.64. The topological polar surface area (TPSA) is 110 Å². The smallest absolute Gasteiger partial charge is 0.255 e. The molecule has 0 unspecified atom stereocenters. The molecule has 0 spiro atoms. The van der Waals surface area contributed by atoms with Crippen molar-refractivity contribution in [2.24, 2.45) is 0 Å². The number of nitrogens with one attached hydrogen (secondary N) is 2. The highest BCUT2D eigenvalue weighted by atomic mass is 32.2. The molecular formula is C29H28N4O4S. The van der Waals surface area contributed by atoms with E-state index in [0.717, 1.165) is 30.2 Å². The standard InChI is InChI=1S/C29H28N4O4S/c1-38(35,36)33-28-27(22-12-13-22)30-17-26(32-28)23-8-5-9-24(16-23)29(34)31-25-14-10-21(11-15-25)19-37-18-20-6-3-2-4-7-20/h2-11,14-17,22H,12-13,18-19H2,1H3,(H,31,34)(H,32,33). The number of anilines is 2. The van der Waals surface area contributed by atoms with E-state index >= 15 is 0 Å². The van der Waals surface area contributed by atoms with Crippen LogP contribution in [0.1, 0.15) is 45.9 Å². The maximum absolute atomic E-state index is 13.0. The Hall–Kier alpha value is -4.08. The van der Waals surface area contributed by atoms with Crippen LogP contribution in [0.5, 0.6) is 0 Å². The molecule has 1 amide bonds. The number of hydrogen-bond acceptors (Lipinski definition) is 6. The number of sulfonamides is 1. The van der Waals surface area contributed by atoms with Crippen LogP contribution in [0.25, 0.3) is 11.3 Å². The second-order valence-electron chi connectivity index (χ2n) is 9.35. The van der Waals surface area contributed by atoms with E-state index in [-0.39, 0.29) is 17.6 Å². The van der Waals surface area contributed by atoms with Crippen molar-refractivity contribution >= 4 is 27.4 Å². The van der Waals surface area contributed by atoms with Gasteiger partial charge in [0.2, 0.25) is 10.0 Å². The summed E-state index contributed by atoms with van der Waals surface area (Å²) in [7, 11) is -3.51. The molecule has 38 heavy (non-hydrogen) atoms. The maximum Gasteiger partial charge on any atom is 0.255 e. The Morgan fingerprint density at radius 3 is 2.34 bits per heavy atom. The zero-order chi connectivity index (χ0) is 26.5. The van der Waals surface area contributed by atoms with Crippen molar-refractivity contribution in [1.29, 1.82) is 0 Å². The van der Waals surface area contributed by atoms with Gasteiger partial charge >= 0.3 is 0 Å². The average Bonchev–Trinajstić information content (AvgIpc) is 3.75. The molecule has 1 fully saturated rings. The third-order valence-electron chi connectivity index (χ3n) is 6.06. The minimum Gasteiger partial charge on any atom is -0.372 e. The second kappa shape index (κ2) is 11.1. The highest BCUT2D eigenvalue weighted by molar-refractivity contribution is 7.92. The molecule has 0 saturated heterocycles. The van der Waals surface area contributed by atoms with Crippen LogP contribution in [0.4, 0.5) is 11.5 Å². The monoisotopic (exact) mass is 528 g/mol. The van der Waals surface area contributed by atoms with Gasteiger partial charge in [0.15, 0.2) is 5.82 Å². The van der Waals surface area contributed by atoms with Crippen LogP contribution < -0.4 is 10.0 Å². The Balaban J connectivity index is 1.24. The van der Waals surface area contributed by atoms with Crippen molar-refractivity contribution in [2.75, 3.05) is 16.3 Å². The van der Waals surface area contributed by atoms with Gasteiger partial charge in [-0.2, -0.15) is 0 Å². The van der Waals surface area contributed by atoms with Gasteiger partial charge in [-0.15, -0.1) is 0 Å². The highest BCUT2D eigenvalue weighted by Gasteiger charge is 2.29. The lowest BCUT2D eigenvalue weighted by Crippen LogP contribution is -2.14. The van der Waals surface area contributed by atoms with Crippen LogP contribution in [0.15, 0.2) is 85.1 Å². The first-order valence-electron chi connectivity index (χ1n) is 12.3. The van der Waals surface area contributed by atoms with E-state index < -0.39 is 10.0 Å². The van der Waals surface area contributed by atoms with Crippen LogP contribution in [0.3, 0.4) is 0 Å². The van der Waals surface area contributed by atoms with Crippen LogP contribution >= 0.6 is 0 Å². The molecule has 0 atom stereocenters. The first kappa shape index (κ1) is 25.6. The normalized spacial score (nSPS) is 13.2. The van der Waals surface area contributed by atoms with Gasteiger partial charge in [0.1, 0.15) is 0 Å². The first-order chi connectivity index (χ1) is 18.3. The van der Waals surface area contributed by atoms with E-state index in [2.05, 4.69) is 20.0 Å². The Bertz CT molecular complexity index is 1540. The molecule has 1 aliphatic carbocycles. The van der Waals surface area contributed by atoms with E-state index in [0.29, 0.717) is 41.4 Å². The predicted molar refractivity (Wildman–Crippen MR) is 147 cm³/mol.